The van der Waals surface area contributed by atoms with Gasteiger partial charge in [0.1, 0.15) is 10.1 Å². The summed E-state index contributed by atoms with van der Waals surface area (Å²) in [6.45, 7) is 0. The van der Waals surface area contributed by atoms with Gasteiger partial charge in [0.2, 0.25) is 0 Å². The van der Waals surface area contributed by atoms with E-state index >= 15 is 0 Å². The fraction of sp³-hybridized carbons (Fsp3) is 1.00. The molecule has 0 aromatic rings. The van der Waals surface area contributed by atoms with E-state index in [9.17, 15) is 110 Å². The van der Waals surface area contributed by atoms with Gasteiger partial charge < -0.3 is 4.55 Å². The van der Waals surface area contributed by atoms with Gasteiger partial charge in [-0.25, -0.2) is 12.8 Å². The van der Waals surface area contributed by atoms with Crippen molar-refractivity contribution in [1.82, 2.24) is 0 Å². The zero-order valence-corrected chi connectivity index (χ0v) is 20.5. The maximum atomic E-state index is 13.4. The Hall–Kier alpha value is 0.00636. The number of hydrogen-bond acceptors (Lipinski definition) is 3. The average molecular weight is 670 g/mol. The van der Waals surface area contributed by atoms with Crippen molar-refractivity contribution in [3.05, 3.63) is 0 Å². The normalized spacial score (nSPS) is 17.2. The molecule has 1 unspecified atom stereocenters. The van der Waals surface area contributed by atoms with Gasteiger partial charge in [0, 0.05) is 0 Å². The van der Waals surface area contributed by atoms with Crippen LogP contribution in [0.3, 0.4) is 0 Å². The van der Waals surface area contributed by atoms with Crippen LogP contribution < -0.4 is 51.4 Å². The molecule has 0 saturated heterocycles. The van der Waals surface area contributed by atoms with Gasteiger partial charge in [-0.3, -0.25) is 0 Å². The van der Waals surface area contributed by atoms with Crippen LogP contribution in [-0.2, 0) is 10.1 Å². The molecule has 0 aliphatic carbocycles. The monoisotopic (exact) mass is 670 g/mol. The summed E-state index contributed by atoms with van der Waals surface area (Å²) >= 11 is 0. The molecule has 0 saturated carbocycles. The Morgan fingerprint density at radius 1 is 0.421 bits per heavy atom. The third-order valence-corrected chi connectivity index (χ3v) is 4.88. The molecule has 0 radical (unpaired) electrons. The molecule has 0 aromatic carbocycles. The first-order valence-electron chi connectivity index (χ1n) is 7.46. The van der Waals surface area contributed by atoms with E-state index in [0.29, 0.717) is 0 Å². The van der Waals surface area contributed by atoms with Crippen LogP contribution >= 0.6 is 0 Å². The van der Waals surface area contributed by atoms with Crippen LogP contribution in [0, 0.1) is 0 Å². The van der Waals surface area contributed by atoms with Crippen LogP contribution in [0.25, 0.3) is 0 Å². The SMILES string of the molecule is O=S(=O)([O-])C(F)C(F)(F)C(F)(F)C(F)(F)C(F)(F)C(F)(F)C(F)(F)C(F)(F)C(F)(F)C(F)(F)C(F)(F)F.[K+]. The molecule has 0 heterocycles. The largest absolute Gasteiger partial charge is 1.00 e. The van der Waals surface area contributed by atoms with Crippen molar-refractivity contribution in [2.75, 3.05) is 0 Å². The van der Waals surface area contributed by atoms with Gasteiger partial charge >= 0.3 is 111 Å². The Balaban J connectivity index is 0. The van der Waals surface area contributed by atoms with Crippen molar-refractivity contribution >= 4 is 10.1 Å². The molecule has 0 N–H and O–H groups in total. The van der Waals surface area contributed by atoms with Crippen LogP contribution in [0.5, 0.6) is 0 Å². The molecule has 0 aliphatic rings. The Kier molecular flexibility index (Phi) is 10.6. The fourth-order valence-corrected chi connectivity index (χ4v) is 2.40. The summed E-state index contributed by atoms with van der Waals surface area (Å²) in [5.74, 6) is -81.4. The molecule has 0 aromatic heterocycles. The summed E-state index contributed by atoms with van der Waals surface area (Å²) in [6, 6.07) is 0. The first-order chi connectivity index (χ1) is 15.4. The summed E-state index contributed by atoms with van der Waals surface area (Å²) < 4.78 is 315. The number of alkyl halides is 22. The van der Waals surface area contributed by atoms with E-state index < -0.39 is 75.1 Å². The van der Waals surface area contributed by atoms with Crippen molar-refractivity contribution < 1.29 is 161 Å². The summed E-state index contributed by atoms with van der Waals surface area (Å²) in [5.41, 5.74) is -6.32. The zero-order chi connectivity index (χ0) is 31.1. The van der Waals surface area contributed by atoms with Crippen LogP contribution in [0.1, 0.15) is 0 Å². The van der Waals surface area contributed by atoms with Gasteiger partial charge in [0.25, 0.3) is 5.50 Å². The fourth-order valence-electron chi connectivity index (χ4n) is 1.89. The van der Waals surface area contributed by atoms with Gasteiger partial charge in [0.05, 0.1) is 0 Å². The molecule has 0 aliphatic heterocycles. The predicted molar refractivity (Wildman–Crippen MR) is 65.2 cm³/mol. The second-order valence-corrected chi connectivity index (χ2v) is 7.92. The molecule has 3 nitrogen and oxygen atoms in total. The van der Waals surface area contributed by atoms with Gasteiger partial charge in [-0.15, -0.1) is 0 Å². The topological polar surface area (TPSA) is 57.2 Å². The summed E-state index contributed by atoms with van der Waals surface area (Å²) in [7, 11) is -7.66. The van der Waals surface area contributed by atoms with Crippen LogP contribution in [0.2, 0.25) is 0 Å². The predicted octanol–water partition coefficient (Wildman–Crippen LogP) is 3.11. The molecule has 1 atom stereocenters. The Morgan fingerprint density at radius 3 is 0.789 bits per heavy atom. The maximum Gasteiger partial charge on any atom is 1.00 e. The van der Waals surface area contributed by atoms with E-state index in [4.69, 9.17) is 0 Å². The molecule has 0 fully saturated rings. The van der Waals surface area contributed by atoms with Crippen LogP contribution in [-0.4, -0.2) is 78.0 Å². The van der Waals surface area contributed by atoms with Gasteiger partial charge in [0.15, 0.2) is 0 Å². The molecule has 27 heteroatoms. The minimum Gasteiger partial charge on any atom is -0.746 e. The number of hydrogen-bond donors (Lipinski definition) is 0. The summed E-state index contributed by atoms with van der Waals surface area (Å²) in [6.07, 6.45) is -8.12. The van der Waals surface area contributed by atoms with Crippen molar-refractivity contribution in [3.8, 4) is 0 Å². The van der Waals surface area contributed by atoms with E-state index in [2.05, 4.69) is 0 Å². The third-order valence-electron chi connectivity index (χ3n) is 4.07. The summed E-state index contributed by atoms with van der Waals surface area (Å²) in [5, 5.41) is 0. The maximum absolute atomic E-state index is 13.4. The number of rotatable bonds is 10. The molecule has 0 bridgehead atoms. The third kappa shape index (κ3) is 5.10. The molecular formula is C11HF22KO3S. The Morgan fingerprint density at radius 2 is 0.605 bits per heavy atom. The second-order valence-electron chi connectivity index (χ2n) is 6.52. The van der Waals surface area contributed by atoms with Crippen molar-refractivity contribution in [2.24, 2.45) is 0 Å². The van der Waals surface area contributed by atoms with Crippen molar-refractivity contribution in [3.63, 3.8) is 0 Å². The van der Waals surface area contributed by atoms with Gasteiger partial charge in [-0.1, -0.05) is 0 Å². The molecule has 0 rings (SSSR count). The second kappa shape index (κ2) is 10.1. The van der Waals surface area contributed by atoms with Crippen LogP contribution in [0.4, 0.5) is 96.6 Å². The minimum atomic E-state index is -9.46. The van der Waals surface area contributed by atoms with Crippen molar-refractivity contribution in [1.29, 1.82) is 0 Å². The van der Waals surface area contributed by atoms with Crippen molar-refractivity contribution in [2.45, 2.75) is 65.0 Å². The summed E-state index contributed by atoms with van der Waals surface area (Å²) in [4.78, 5) is 0. The average Bonchev–Trinajstić information content (AvgIpc) is 2.64. The van der Waals surface area contributed by atoms with Gasteiger partial charge in [-0.2, -0.15) is 92.2 Å². The number of halogens is 22. The standard InChI is InChI=1S/C11H2F22O3S.K/c12-1(37(34,35)36)2(13,14)3(15,16)4(17,18)5(19,20)6(21,22)7(23,24)8(25,26)9(27,28)10(29,30)11(31,32)33;/h1H,(H,34,35,36);/q;+1/p-1. The molecular weight excluding hydrogens is 669 g/mol. The first-order valence-corrected chi connectivity index (χ1v) is 8.93. The molecule has 224 valence electrons. The van der Waals surface area contributed by atoms with E-state index in [-0.39, 0.29) is 51.4 Å². The Labute approximate surface area is 235 Å². The van der Waals surface area contributed by atoms with Crippen LogP contribution in [0.15, 0.2) is 0 Å². The smallest absolute Gasteiger partial charge is 0.746 e. The van der Waals surface area contributed by atoms with E-state index in [1.165, 1.54) is 0 Å². The molecule has 0 spiro atoms. The molecule has 0 amide bonds. The van der Waals surface area contributed by atoms with E-state index in [1.54, 1.807) is 0 Å². The first kappa shape index (κ1) is 40.1. The Bertz CT molecular complexity index is 968. The zero-order valence-electron chi connectivity index (χ0n) is 16.5. The van der Waals surface area contributed by atoms with E-state index in [1.807, 2.05) is 0 Å². The van der Waals surface area contributed by atoms with Gasteiger partial charge in [-0.05, 0) is 0 Å². The quantitative estimate of drug-likeness (QED) is 0.204. The minimum absolute atomic E-state index is 0. The molecule has 38 heavy (non-hydrogen) atoms. The van der Waals surface area contributed by atoms with E-state index in [0.717, 1.165) is 0 Å².